The topological polar surface area (TPSA) is 61.0 Å². The lowest BCUT2D eigenvalue weighted by Crippen LogP contribution is -2.40. The number of carbonyl (C=O) groups is 1. The van der Waals surface area contributed by atoms with Gasteiger partial charge in [0.15, 0.2) is 0 Å². The fourth-order valence-corrected chi connectivity index (χ4v) is 2.32. The minimum Gasteiger partial charge on any atom is -0.348 e. The molecule has 2 rings (SSSR count). The second-order valence-corrected chi connectivity index (χ2v) is 4.51. The molecule has 1 aliphatic rings. The monoisotopic (exact) mass is 308 g/mol. The second kappa shape index (κ2) is 9.18. The molecule has 1 saturated heterocycles. The standard InChI is InChI=1S/C12H20N4O.2ClH/c1-13-5-4-11(17)16-8-2-3-10(9-16)12-14-6-7-15-12;;/h6-7,10,13H,2-5,8-9H2,1H3,(H,14,15);2*1H. The van der Waals surface area contributed by atoms with Crippen molar-refractivity contribution in [1.29, 1.82) is 0 Å². The number of amides is 1. The Morgan fingerprint density at radius 1 is 1.58 bits per heavy atom. The molecule has 19 heavy (non-hydrogen) atoms. The van der Waals surface area contributed by atoms with E-state index in [9.17, 15) is 4.79 Å². The number of nitrogens with zero attached hydrogens (tertiary/aromatic N) is 2. The van der Waals surface area contributed by atoms with Crippen molar-refractivity contribution in [3.63, 3.8) is 0 Å². The number of carbonyl (C=O) groups excluding carboxylic acids is 1. The van der Waals surface area contributed by atoms with Crippen molar-refractivity contribution >= 4 is 30.7 Å². The Morgan fingerprint density at radius 3 is 3.00 bits per heavy atom. The van der Waals surface area contributed by atoms with Crippen molar-refractivity contribution in [2.75, 3.05) is 26.7 Å². The zero-order valence-corrected chi connectivity index (χ0v) is 12.7. The number of aromatic amines is 1. The number of hydrogen-bond acceptors (Lipinski definition) is 3. The number of aromatic nitrogens is 2. The molecule has 1 atom stereocenters. The van der Waals surface area contributed by atoms with Gasteiger partial charge in [0.05, 0.1) is 0 Å². The van der Waals surface area contributed by atoms with Gasteiger partial charge in [-0.1, -0.05) is 0 Å². The quantitative estimate of drug-likeness (QED) is 0.887. The molecule has 2 N–H and O–H groups in total. The number of imidazole rings is 1. The molecule has 5 nitrogen and oxygen atoms in total. The number of likely N-dealkylation sites (tertiary alicyclic amines) is 1. The molecule has 0 bridgehead atoms. The Labute approximate surface area is 126 Å². The van der Waals surface area contributed by atoms with E-state index in [2.05, 4.69) is 15.3 Å². The number of H-pyrrole nitrogens is 1. The molecule has 1 unspecified atom stereocenters. The third-order valence-corrected chi connectivity index (χ3v) is 3.27. The summed E-state index contributed by atoms with van der Waals surface area (Å²) in [4.78, 5) is 21.3. The summed E-state index contributed by atoms with van der Waals surface area (Å²) in [5.74, 6) is 1.63. The lowest BCUT2D eigenvalue weighted by atomic mass is 9.97. The summed E-state index contributed by atoms with van der Waals surface area (Å²) in [6.45, 7) is 2.44. The molecular formula is C12H22Cl2N4O. The van der Waals surface area contributed by atoms with Crippen LogP contribution in [0.15, 0.2) is 12.4 Å². The van der Waals surface area contributed by atoms with Crippen LogP contribution in [0.4, 0.5) is 0 Å². The minimum absolute atomic E-state index is 0. The zero-order chi connectivity index (χ0) is 12.1. The van der Waals surface area contributed by atoms with Crippen LogP contribution in [-0.2, 0) is 4.79 Å². The van der Waals surface area contributed by atoms with E-state index in [0.717, 1.165) is 38.3 Å². The number of hydrogen-bond donors (Lipinski definition) is 2. The van der Waals surface area contributed by atoms with E-state index in [1.807, 2.05) is 18.1 Å². The molecular weight excluding hydrogens is 287 g/mol. The molecule has 1 amide bonds. The Balaban J connectivity index is 0.00000162. The molecule has 0 radical (unpaired) electrons. The highest BCUT2D eigenvalue weighted by Gasteiger charge is 2.25. The van der Waals surface area contributed by atoms with Crippen molar-refractivity contribution in [2.45, 2.75) is 25.2 Å². The number of halogens is 2. The zero-order valence-electron chi connectivity index (χ0n) is 11.1. The van der Waals surface area contributed by atoms with Gasteiger partial charge in [0.25, 0.3) is 0 Å². The van der Waals surface area contributed by atoms with Crippen molar-refractivity contribution in [1.82, 2.24) is 20.2 Å². The van der Waals surface area contributed by atoms with Gasteiger partial charge in [0, 0.05) is 44.4 Å². The highest BCUT2D eigenvalue weighted by atomic mass is 35.5. The minimum atomic E-state index is 0. The van der Waals surface area contributed by atoms with Crippen molar-refractivity contribution in [3.05, 3.63) is 18.2 Å². The third-order valence-electron chi connectivity index (χ3n) is 3.27. The van der Waals surface area contributed by atoms with Crippen LogP contribution in [-0.4, -0.2) is 47.5 Å². The summed E-state index contributed by atoms with van der Waals surface area (Å²) >= 11 is 0. The Kier molecular flexibility index (Phi) is 8.80. The summed E-state index contributed by atoms with van der Waals surface area (Å²) in [5.41, 5.74) is 0. The molecule has 7 heteroatoms. The van der Waals surface area contributed by atoms with Gasteiger partial charge in [-0.2, -0.15) is 0 Å². The fourth-order valence-electron chi connectivity index (χ4n) is 2.32. The van der Waals surface area contributed by atoms with E-state index in [1.165, 1.54) is 0 Å². The summed E-state index contributed by atoms with van der Waals surface area (Å²) in [5, 5.41) is 3.01. The first-order valence-electron chi connectivity index (χ1n) is 6.23. The molecule has 0 aromatic carbocycles. The van der Waals surface area contributed by atoms with Crippen molar-refractivity contribution in [3.8, 4) is 0 Å². The number of nitrogens with one attached hydrogen (secondary N) is 2. The van der Waals surface area contributed by atoms with Crippen LogP contribution in [0.25, 0.3) is 0 Å². The number of rotatable bonds is 4. The van der Waals surface area contributed by atoms with Crippen LogP contribution >= 0.6 is 24.8 Å². The predicted octanol–water partition coefficient (Wildman–Crippen LogP) is 1.57. The molecule has 0 aliphatic carbocycles. The van der Waals surface area contributed by atoms with Gasteiger partial charge in [-0.05, 0) is 19.9 Å². The van der Waals surface area contributed by atoms with Crippen LogP contribution in [0.2, 0.25) is 0 Å². The maximum atomic E-state index is 11.9. The van der Waals surface area contributed by atoms with Gasteiger partial charge in [-0.15, -0.1) is 24.8 Å². The molecule has 2 heterocycles. The van der Waals surface area contributed by atoms with Crippen molar-refractivity contribution in [2.24, 2.45) is 0 Å². The van der Waals surface area contributed by atoms with Gasteiger partial charge in [0.2, 0.25) is 5.91 Å². The van der Waals surface area contributed by atoms with Crippen LogP contribution in [0.3, 0.4) is 0 Å². The highest BCUT2D eigenvalue weighted by Crippen LogP contribution is 2.24. The summed E-state index contributed by atoms with van der Waals surface area (Å²) in [7, 11) is 1.87. The fraction of sp³-hybridized carbons (Fsp3) is 0.667. The van der Waals surface area contributed by atoms with E-state index >= 15 is 0 Å². The first kappa shape index (κ1) is 18.2. The maximum Gasteiger partial charge on any atom is 0.223 e. The predicted molar refractivity (Wildman–Crippen MR) is 80.2 cm³/mol. The SMILES string of the molecule is CNCCC(=O)N1CCCC(c2ncc[nH]2)C1.Cl.Cl. The van der Waals surface area contributed by atoms with Gasteiger partial charge < -0.3 is 15.2 Å². The van der Waals surface area contributed by atoms with E-state index in [-0.39, 0.29) is 30.7 Å². The molecule has 0 saturated carbocycles. The lowest BCUT2D eigenvalue weighted by Gasteiger charge is -2.32. The molecule has 1 aliphatic heterocycles. The maximum absolute atomic E-state index is 11.9. The number of piperidine rings is 1. The van der Waals surface area contributed by atoms with Crippen LogP contribution in [0.1, 0.15) is 31.0 Å². The third kappa shape index (κ3) is 5.01. The Hall–Kier alpha value is -0.780. The lowest BCUT2D eigenvalue weighted by molar-refractivity contribution is -0.132. The van der Waals surface area contributed by atoms with E-state index in [1.54, 1.807) is 6.20 Å². The summed E-state index contributed by atoms with van der Waals surface area (Å²) < 4.78 is 0. The van der Waals surface area contributed by atoms with E-state index in [4.69, 9.17) is 0 Å². The van der Waals surface area contributed by atoms with Crippen LogP contribution in [0, 0.1) is 0 Å². The molecule has 1 fully saturated rings. The molecule has 1 aromatic rings. The van der Waals surface area contributed by atoms with Crippen molar-refractivity contribution < 1.29 is 4.79 Å². The Bertz CT molecular complexity index is 359. The normalized spacial score (nSPS) is 18.4. The molecule has 110 valence electrons. The summed E-state index contributed by atoms with van der Waals surface area (Å²) in [6.07, 6.45) is 6.38. The average Bonchev–Trinajstić information content (AvgIpc) is 2.90. The largest absolute Gasteiger partial charge is 0.348 e. The van der Waals surface area contributed by atoms with Gasteiger partial charge in [-0.25, -0.2) is 4.98 Å². The van der Waals surface area contributed by atoms with Crippen LogP contribution < -0.4 is 5.32 Å². The van der Waals surface area contributed by atoms with Crippen LogP contribution in [0.5, 0.6) is 0 Å². The first-order chi connectivity index (χ1) is 8.31. The Morgan fingerprint density at radius 2 is 2.37 bits per heavy atom. The molecule has 1 aromatic heterocycles. The van der Waals surface area contributed by atoms with Gasteiger partial charge in [0.1, 0.15) is 5.82 Å². The smallest absolute Gasteiger partial charge is 0.223 e. The second-order valence-electron chi connectivity index (χ2n) is 4.51. The van der Waals surface area contributed by atoms with E-state index < -0.39 is 0 Å². The average molecular weight is 309 g/mol. The van der Waals surface area contributed by atoms with Gasteiger partial charge >= 0.3 is 0 Å². The first-order valence-corrected chi connectivity index (χ1v) is 6.23. The van der Waals surface area contributed by atoms with E-state index in [0.29, 0.717) is 12.3 Å². The summed E-state index contributed by atoms with van der Waals surface area (Å²) in [6, 6.07) is 0. The van der Waals surface area contributed by atoms with Gasteiger partial charge in [-0.3, -0.25) is 4.79 Å². The highest BCUT2D eigenvalue weighted by molar-refractivity contribution is 5.85. The molecule has 0 spiro atoms.